The second-order valence-corrected chi connectivity index (χ2v) is 4.96. The topological polar surface area (TPSA) is 49.5 Å². The van der Waals surface area contributed by atoms with Crippen LogP contribution in [0.3, 0.4) is 0 Å². The summed E-state index contributed by atoms with van der Waals surface area (Å²) in [6.45, 7) is 5.28. The van der Waals surface area contributed by atoms with E-state index in [9.17, 15) is 5.11 Å². The SMILES string of the molecule is CC1CC(N)CN(Cc2ccc(O)cc2)C1. The molecule has 0 aromatic heterocycles. The van der Waals surface area contributed by atoms with Crippen LogP contribution in [0.5, 0.6) is 5.75 Å². The standard InChI is InChI=1S/C13H20N2O/c1-10-6-12(14)9-15(7-10)8-11-2-4-13(16)5-3-11/h2-5,10,12,16H,6-9,14H2,1H3. The number of nitrogens with zero attached hydrogens (tertiary/aromatic N) is 1. The number of rotatable bonds is 2. The second-order valence-electron chi connectivity index (χ2n) is 4.96. The molecule has 0 saturated carbocycles. The van der Waals surface area contributed by atoms with Crippen LogP contribution in [0.2, 0.25) is 0 Å². The van der Waals surface area contributed by atoms with Crippen molar-refractivity contribution >= 4 is 0 Å². The lowest BCUT2D eigenvalue weighted by molar-refractivity contribution is 0.158. The lowest BCUT2D eigenvalue weighted by Gasteiger charge is -2.34. The van der Waals surface area contributed by atoms with Gasteiger partial charge in [0, 0.05) is 25.7 Å². The molecule has 3 heteroatoms. The maximum Gasteiger partial charge on any atom is 0.115 e. The van der Waals surface area contributed by atoms with Gasteiger partial charge in [0.05, 0.1) is 0 Å². The molecule has 3 N–H and O–H groups in total. The molecule has 2 unspecified atom stereocenters. The quantitative estimate of drug-likeness (QED) is 0.795. The van der Waals surface area contributed by atoms with Crippen molar-refractivity contribution in [1.29, 1.82) is 0 Å². The Morgan fingerprint density at radius 1 is 1.31 bits per heavy atom. The lowest BCUT2D eigenvalue weighted by Crippen LogP contribution is -2.45. The van der Waals surface area contributed by atoms with Crippen molar-refractivity contribution in [2.75, 3.05) is 13.1 Å². The molecule has 0 spiro atoms. The number of hydrogen-bond acceptors (Lipinski definition) is 3. The molecule has 16 heavy (non-hydrogen) atoms. The molecule has 2 atom stereocenters. The Bertz CT molecular complexity index is 326. The van der Waals surface area contributed by atoms with Crippen LogP contribution < -0.4 is 5.73 Å². The van der Waals surface area contributed by atoms with Crippen molar-refractivity contribution < 1.29 is 5.11 Å². The number of benzene rings is 1. The van der Waals surface area contributed by atoms with E-state index in [0.29, 0.717) is 17.7 Å². The largest absolute Gasteiger partial charge is 0.508 e. The molecule has 1 aliphatic heterocycles. The zero-order chi connectivity index (χ0) is 11.5. The minimum atomic E-state index is 0.306. The van der Waals surface area contributed by atoms with Crippen molar-refractivity contribution in [2.24, 2.45) is 11.7 Å². The molecule has 3 nitrogen and oxygen atoms in total. The van der Waals surface area contributed by atoms with Crippen LogP contribution in [-0.4, -0.2) is 29.1 Å². The normalized spacial score (nSPS) is 26.9. The van der Waals surface area contributed by atoms with Crippen molar-refractivity contribution in [2.45, 2.75) is 25.9 Å². The van der Waals surface area contributed by atoms with Gasteiger partial charge in [0.1, 0.15) is 5.75 Å². The van der Waals surface area contributed by atoms with Crippen LogP contribution in [0.15, 0.2) is 24.3 Å². The highest BCUT2D eigenvalue weighted by Gasteiger charge is 2.21. The molecule has 1 aliphatic rings. The first-order chi connectivity index (χ1) is 7.63. The summed E-state index contributed by atoms with van der Waals surface area (Å²) >= 11 is 0. The minimum absolute atomic E-state index is 0.306. The van der Waals surface area contributed by atoms with E-state index in [1.807, 2.05) is 12.1 Å². The Kier molecular flexibility index (Phi) is 3.46. The maximum atomic E-state index is 9.21. The zero-order valence-electron chi connectivity index (χ0n) is 9.76. The van der Waals surface area contributed by atoms with Crippen molar-refractivity contribution in [3.05, 3.63) is 29.8 Å². The van der Waals surface area contributed by atoms with Crippen LogP contribution in [0.1, 0.15) is 18.9 Å². The van der Waals surface area contributed by atoms with E-state index in [4.69, 9.17) is 5.73 Å². The van der Waals surface area contributed by atoms with Crippen LogP contribution in [0.25, 0.3) is 0 Å². The summed E-state index contributed by atoms with van der Waals surface area (Å²) in [7, 11) is 0. The molecule has 1 heterocycles. The van der Waals surface area contributed by atoms with E-state index in [0.717, 1.165) is 26.1 Å². The Morgan fingerprint density at radius 3 is 2.62 bits per heavy atom. The predicted molar refractivity (Wildman–Crippen MR) is 65.1 cm³/mol. The van der Waals surface area contributed by atoms with Gasteiger partial charge in [-0.15, -0.1) is 0 Å². The lowest BCUT2D eigenvalue weighted by atomic mass is 9.96. The van der Waals surface area contributed by atoms with Gasteiger partial charge in [-0.25, -0.2) is 0 Å². The zero-order valence-corrected chi connectivity index (χ0v) is 9.76. The fraction of sp³-hybridized carbons (Fsp3) is 0.538. The molecule has 1 aromatic rings. The fourth-order valence-corrected chi connectivity index (χ4v) is 2.50. The molecule has 1 saturated heterocycles. The van der Waals surface area contributed by atoms with Gasteiger partial charge in [0.25, 0.3) is 0 Å². The van der Waals surface area contributed by atoms with Gasteiger partial charge in [-0.1, -0.05) is 19.1 Å². The summed E-state index contributed by atoms with van der Waals surface area (Å²) in [4.78, 5) is 2.39. The Morgan fingerprint density at radius 2 is 2.00 bits per heavy atom. The Balaban J connectivity index is 1.96. The Hall–Kier alpha value is -1.06. The predicted octanol–water partition coefficient (Wildman–Crippen LogP) is 1.56. The van der Waals surface area contributed by atoms with Gasteiger partial charge < -0.3 is 10.8 Å². The first-order valence-corrected chi connectivity index (χ1v) is 5.89. The van der Waals surface area contributed by atoms with Gasteiger partial charge in [-0.05, 0) is 30.0 Å². The number of phenolic OH excluding ortho intramolecular Hbond substituents is 1. The highest BCUT2D eigenvalue weighted by atomic mass is 16.3. The van der Waals surface area contributed by atoms with Gasteiger partial charge in [-0.3, -0.25) is 4.90 Å². The summed E-state index contributed by atoms with van der Waals surface area (Å²) < 4.78 is 0. The maximum absolute atomic E-state index is 9.21. The van der Waals surface area contributed by atoms with Crippen LogP contribution in [0, 0.1) is 5.92 Å². The molecule has 2 rings (SSSR count). The summed E-state index contributed by atoms with van der Waals surface area (Å²) in [5.74, 6) is 1.01. The molecule has 88 valence electrons. The monoisotopic (exact) mass is 220 g/mol. The van der Waals surface area contributed by atoms with E-state index in [-0.39, 0.29) is 0 Å². The third kappa shape index (κ3) is 2.97. The van der Waals surface area contributed by atoms with E-state index in [2.05, 4.69) is 11.8 Å². The number of aromatic hydroxyl groups is 1. The van der Waals surface area contributed by atoms with Crippen LogP contribution in [0.4, 0.5) is 0 Å². The first-order valence-electron chi connectivity index (χ1n) is 5.89. The van der Waals surface area contributed by atoms with E-state index in [1.54, 1.807) is 12.1 Å². The van der Waals surface area contributed by atoms with Crippen molar-refractivity contribution in [3.8, 4) is 5.75 Å². The third-order valence-electron chi connectivity index (χ3n) is 3.11. The average molecular weight is 220 g/mol. The number of likely N-dealkylation sites (tertiary alicyclic amines) is 1. The minimum Gasteiger partial charge on any atom is -0.508 e. The average Bonchev–Trinajstić information content (AvgIpc) is 2.20. The number of nitrogens with two attached hydrogens (primary N) is 1. The molecule has 1 aromatic carbocycles. The number of piperidine rings is 1. The first kappa shape index (κ1) is 11.4. The third-order valence-corrected chi connectivity index (χ3v) is 3.11. The van der Waals surface area contributed by atoms with Gasteiger partial charge in [0.2, 0.25) is 0 Å². The molecule has 0 amide bonds. The van der Waals surface area contributed by atoms with Crippen molar-refractivity contribution in [3.63, 3.8) is 0 Å². The molecule has 1 fully saturated rings. The molecular weight excluding hydrogens is 200 g/mol. The smallest absolute Gasteiger partial charge is 0.115 e. The van der Waals surface area contributed by atoms with Crippen molar-refractivity contribution in [1.82, 2.24) is 4.90 Å². The van der Waals surface area contributed by atoms with E-state index in [1.165, 1.54) is 5.56 Å². The molecular formula is C13H20N2O. The number of hydrogen-bond donors (Lipinski definition) is 2. The molecule has 0 aliphatic carbocycles. The second kappa shape index (κ2) is 4.85. The Labute approximate surface area is 96.9 Å². The van der Waals surface area contributed by atoms with Crippen LogP contribution >= 0.6 is 0 Å². The van der Waals surface area contributed by atoms with E-state index >= 15 is 0 Å². The highest BCUT2D eigenvalue weighted by molar-refractivity contribution is 5.25. The van der Waals surface area contributed by atoms with Gasteiger partial charge >= 0.3 is 0 Å². The summed E-state index contributed by atoms with van der Waals surface area (Å²) in [6, 6.07) is 7.73. The molecule has 0 radical (unpaired) electrons. The van der Waals surface area contributed by atoms with E-state index < -0.39 is 0 Å². The van der Waals surface area contributed by atoms with Gasteiger partial charge in [-0.2, -0.15) is 0 Å². The van der Waals surface area contributed by atoms with Crippen LogP contribution in [-0.2, 0) is 6.54 Å². The number of phenols is 1. The van der Waals surface area contributed by atoms with Gasteiger partial charge in [0.15, 0.2) is 0 Å². The summed E-state index contributed by atoms with van der Waals surface area (Å²) in [5, 5.41) is 9.21. The molecule has 0 bridgehead atoms. The summed E-state index contributed by atoms with van der Waals surface area (Å²) in [5.41, 5.74) is 7.25. The highest BCUT2D eigenvalue weighted by Crippen LogP contribution is 2.18. The summed E-state index contributed by atoms with van der Waals surface area (Å²) in [6.07, 6.45) is 1.13. The fourth-order valence-electron chi connectivity index (χ4n) is 2.50.